The third kappa shape index (κ3) is 4.19. The summed E-state index contributed by atoms with van der Waals surface area (Å²) in [5.74, 6) is 2.85. The van der Waals surface area contributed by atoms with Gasteiger partial charge in [-0.25, -0.2) is 9.97 Å². The van der Waals surface area contributed by atoms with Crippen LogP contribution in [0.3, 0.4) is 0 Å². The predicted octanol–water partition coefficient (Wildman–Crippen LogP) is 5.44. The van der Waals surface area contributed by atoms with E-state index in [1.54, 1.807) is 19.5 Å². The first-order valence-corrected chi connectivity index (χ1v) is 9.74. The molecule has 0 aliphatic rings. The first kappa shape index (κ1) is 18.9. The quantitative estimate of drug-likeness (QED) is 0.480. The standard InChI is InChI=1S/C24H24N4O/c1-16(2)14-26-24-21-13-18(17-6-4-8-20(12-17)29-3)9-10-22(21)27-23(28-24)19-7-5-11-25-15-19/h4-13,15-16H,14H2,1-3H3,(H,26,27,28). The number of benzene rings is 2. The molecule has 0 aliphatic carbocycles. The highest BCUT2D eigenvalue weighted by Crippen LogP contribution is 2.31. The van der Waals surface area contributed by atoms with Crippen LogP contribution in [0.15, 0.2) is 67.0 Å². The van der Waals surface area contributed by atoms with Crippen LogP contribution in [0.4, 0.5) is 5.82 Å². The van der Waals surface area contributed by atoms with E-state index in [0.29, 0.717) is 11.7 Å². The van der Waals surface area contributed by atoms with Crippen LogP contribution in [0.2, 0.25) is 0 Å². The zero-order chi connectivity index (χ0) is 20.2. The first-order valence-electron chi connectivity index (χ1n) is 9.74. The minimum Gasteiger partial charge on any atom is -0.497 e. The Morgan fingerprint density at radius 2 is 1.76 bits per heavy atom. The Bertz CT molecular complexity index is 1130. The number of methoxy groups -OCH3 is 1. The van der Waals surface area contributed by atoms with Gasteiger partial charge >= 0.3 is 0 Å². The van der Waals surface area contributed by atoms with Crippen LogP contribution in [0.5, 0.6) is 5.75 Å². The number of rotatable bonds is 6. The van der Waals surface area contributed by atoms with Gasteiger partial charge in [-0.3, -0.25) is 4.98 Å². The van der Waals surface area contributed by atoms with Crippen molar-refractivity contribution in [2.24, 2.45) is 5.92 Å². The van der Waals surface area contributed by atoms with Crippen LogP contribution in [0, 0.1) is 5.92 Å². The highest BCUT2D eigenvalue weighted by atomic mass is 16.5. The second-order valence-electron chi connectivity index (χ2n) is 7.38. The average Bonchev–Trinajstić information content (AvgIpc) is 2.77. The number of nitrogens with zero attached hydrogens (tertiary/aromatic N) is 3. The lowest BCUT2D eigenvalue weighted by molar-refractivity contribution is 0.415. The second-order valence-corrected chi connectivity index (χ2v) is 7.38. The van der Waals surface area contributed by atoms with E-state index in [0.717, 1.165) is 45.7 Å². The number of hydrogen-bond acceptors (Lipinski definition) is 5. The molecule has 0 spiro atoms. The Hall–Kier alpha value is -3.47. The molecule has 1 N–H and O–H groups in total. The van der Waals surface area contributed by atoms with Crippen molar-refractivity contribution in [3.63, 3.8) is 0 Å². The van der Waals surface area contributed by atoms with Gasteiger partial charge in [0.2, 0.25) is 0 Å². The van der Waals surface area contributed by atoms with Crippen molar-refractivity contribution in [3.05, 3.63) is 67.0 Å². The lowest BCUT2D eigenvalue weighted by Gasteiger charge is -2.14. The van der Waals surface area contributed by atoms with E-state index in [4.69, 9.17) is 14.7 Å². The van der Waals surface area contributed by atoms with E-state index < -0.39 is 0 Å². The molecule has 5 heteroatoms. The molecule has 5 nitrogen and oxygen atoms in total. The van der Waals surface area contributed by atoms with Gasteiger partial charge in [-0.2, -0.15) is 0 Å². The summed E-state index contributed by atoms with van der Waals surface area (Å²) < 4.78 is 5.37. The number of hydrogen-bond donors (Lipinski definition) is 1. The Kier molecular flexibility index (Phi) is 5.38. The maximum Gasteiger partial charge on any atom is 0.163 e. The molecule has 146 valence electrons. The SMILES string of the molecule is COc1cccc(-c2ccc3nc(-c4cccnc4)nc(NCC(C)C)c3c2)c1. The summed E-state index contributed by atoms with van der Waals surface area (Å²) in [5, 5.41) is 4.50. The summed E-state index contributed by atoms with van der Waals surface area (Å²) in [6.45, 7) is 5.20. The summed E-state index contributed by atoms with van der Waals surface area (Å²) in [6, 6.07) is 18.2. The van der Waals surface area contributed by atoms with Gasteiger partial charge in [0.15, 0.2) is 5.82 Å². The molecular formula is C24H24N4O. The van der Waals surface area contributed by atoms with E-state index in [1.165, 1.54) is 0 Å². The molecule has 2 heterocycles. The third-order valence-electron chi connectivity index (χ3n) is 4.70. The van der Waals surface area contributed by atoms with E-state index in [1.807, 2.05) is 36.4 Å². The van der Waals surface area contributed by atoms with Gasteiger partial charge in [0.25, 0.3) is 0 Å². The Morgan fingerprint density at radius 3 is 2.52 bits per heavy atom. The lowest BCUT2D eigenvalue weighted by atomic mass is 10.0. The fourth-order valence-corrected chi connectivity index (χ4v) is 3.17. The zero-order valence-electron chi connectivity index (χ0n) is 16.9. The predicted molar refractivity (Wildman–Crippen MR) is 118 cm³/mol. The Labute approximate surface area is 170 Å². The molecule has 0 bridgehead atoms. The van der Waals surface area contributed by atoms with Gasteiger partial charge in [0, 0.05) is 29.9 Å². The van der Waals surface area contributed by atoms with Crippen molar-refractivity contribution in [3.8, 4) is 28.3 Å². The number of aromatic nitrogens is 3. The van der Waals surface area contributed by atoms with E-state index in [9.17, 15) is 0 Å². The number of fused-ring (bicyclic) bond motifs is 1. The van der Waals surface area contributed by atoms with Crippen LogP contribution >= 0.6 is 0 Å². The Balaban J connectivity index is 1.84. The molecule has 4 aromatic rings. The minimum absolute atomic E-state index is 0.503. The fraction of sp³-hybridized carbons (Fsp3) is 0.208. The van der Waals surface area contributed by atoms with Crippen molar-refractivity contribution in [2.45, 2.75) is 13.8 Å². The monoisotopic (exact) mass is 384 g/mol. The van der Waals surface area contributed by atoms with Crippen molar-refractivity contribution < 1.29 is 4.74 Å². The number of nitrogens with one attached hydrogen (secondary N) is 1. The van der Waals surface area contributed by atoms with Crippen molar-refractivity contribution in [1.29, 1.82) is 0 Å². The molecule has 0 unspecified atom stereocenters. The molecule has 0 saturated carbocycles. The molecule has 0 fully saturated rings. The largest absolute Gasteiger partial charge is 0.497 e. The van der Waals surface area contributed by atoms with Crippen LogP contribution in [0.1, 0.15) is 13.8 Å². The molecule has 2 aromatic heterocycles. The van der Waals surface area contributed by atoms with Crippen LogP contribution < -0.4 is 10.1 Å². The summed E-state index contributed by atoms with van der Waals surface area (Å²) in [6.07, 6.45) is 3.54. The maximum absolute atomic E-state index is 5.37. The molecule has 0 aliphatic heterocycles. The summed E-state index contributed by atoms with van der Waals surface area (Å²) in [4.78, 5) is 13.8. The minimum atomic E-state index is 0.503. The molecule has 0 radical (unpaired) electrons. The van der Waals surface area contributed by atoms with Crippen LogP contribution in [-0.4, -0.2) is 28.6 Å². The second kappa shape index (κ2) is 8.27. The van der Waals surface area contributed by atoms with Gasteiger partial charge in [-0.05, 0) is 53.4 Å². The summed E-state index contributed by atoms with van der Waals surface area (Å²) in [7, 11) is 1.68. The van der Waals surface area contributed by atoms with E-state index in [2.05, 4.69) is 42.3 Å². The summed E-state index contributed by atoms with van der Waals surface area (Å²) >= 11 is 0. The molecule has 29 heavy (non-hydrogen) atoms. The molecule has 0 amide bonds. The molecule has 4 rings (SSSR count). The first-order chi connectivity index (χ1) is 14.1. The fourth-order valence-electron chi connectivity index (χ4n) is 3.17. The highest BCUT2D eigenvalue weighted by Gasteiger charge is 2.12. The van der Waals surface area contributed by atoms with Crippen LogP contribution in [0.25, 0.3) is 33.4 Å². The van der Waals surface area contributed by atoms with Gasteiger partial charge in [-0.1, -0.05) is 32.0 Å². The lowest BCUT2D eigenvalue weighted by Crippen LogP contribution is -2.10. The molecule has 0 atom stereocenters. The molecule has 0 saturated heterocycles. The van der Waals surface area contributed by atoms with Gasteiger partial charge in [0.05, 0.1) is 12.6 Å². The van der Waals surface area contributed by atoms with Crippen molar-refractivity contribution in [2.75, 3.05) is 19.0 Å². The molecule has 2 aromatic carbocycles. The van der Waals surface area contributed by atoms with E-state index >= 15 is 0 Å². The normalized spacial score (nSPS) is 11.0. The molecular weight excluding hydrogens is 360 g/mol. The van der Waals surface area contributed by atoms with Gasteiger partial charge < -0.3 is 10.1 Å². The van der Waals surface area contributed by atoms with Gasteiger partial charge in [-0.15, -0.1) is 0 Å². The number of pyridine rings is 1. The zero-order valence-corrected chi connectivity index (χ0v) is 16.9. The van der Waals surface area contributed by atoms with Gasteiger partial charge in [0.1, 0.15) is 11.6 Å². The van der Waals surface area contributed by atoms with Crippen LogP contribution in [-0.2, 0) is 0 Å². The third-order valence-corrected chi connectivity index (χ3v) is 4.70. The highest BCUT2D eigenvalue weighted by molar-refractivity contribution is 5.94. The maximum atomic E-state index is 5.37. The number of anilines is 1. The summed E-state index contributed by atoms with van der Waals surface area (Å²) in [5.41, 5.74) is 4.00. The topological polar surface area (TPSA) is 59.9 Å². The van der Waals surface area contributed by atoms with Crippen molar-refractivity contribution >= 4 is 16.7 Å². The van der Waals surface area contributed by atoms with E-state index in [-0.39, 0.29) is 0 Å². The Morgan fingerprint density at radius 1 is 0.931 bits per heavy atom. The average molecular weight is 384 g/mol. The number of ether oxygens (including phenoxy) is 1. The smallest absolute Gasteiger partial charge is 0.163 e. The van der Waals surface area contributed by atoms with Crippen molar-refractivity contribution in [1.82, 2.24) is 15.0 Å².